The maximum Gasteiger partial charge on any atom is 0.266 e. The fraction of sp³-hybridized carbons (Fsp3) is 0.444. The Labute approximate surface area is 151 Å². The molecule has 3 aromatic heterocycles. The molecule has 26 heavy (non-hydrogen) atoms. The Morgan fingerprint density at radius 2 is 2.12 bits per heavy atom. The van der Waals surface area contributed by atoms with Crippen molar-refractivity contribution in [3.8, 4) is 5.82 Å². The molecule has 136 valence electrons. The predicted molar refractivity (Wildman–Crippen MR) is 94.9 cm³/mol. The zero-order valence-electron chi connectivity index (χ0n) is 14.8. The number of aryl methyl sites for hydroxylation is 1. The van der Waals surface area contributed by atoms with Crippen LogP contribution in [0.4, 0.5) is 0 Å². The third kappa shape index (κ3) is 3.60. The maximum atomic E-state index is 12.2. The van der Waals surface area contributed by atoms with Gasteiger partial charge in [0.25, 0.3) is 5.56 Å². The molecule has 0 amide bonds. The summed E-state index contributed by atoms with van der Waals surface area (Å²) in [4.78, 5) is 14.6. The van der Waals surface area contributed by atoms with E-state index < -0.39 is 0 Å². The topological polar surface area (TPSA) is 82.0 Å². The summed E-state index contributed by atoms with van der Waals surface area (Å²) >= 11 is 0. The van der Waals surface area contributed by atoms with E-state index in [0.717, 1.165) is 43.8 Å². The molecule has 8 heteroatoms. The Bertz CT molecular complexity index is 906. The van der Waals surface area contributed by atoms with Crippen LogP contribution in [0.1, 0.15) is 24.2 Å². The van der Waals surface area contributed by atoms with Gasteiger partial charge in [-0.1, -0.05) is 5.16 Å². The molecule has 1 fully saturated rings. The second-order valence-corrected chi connectivity index (χ2v) is 6.79. The number of piperidine rings is 1. The molecular formula is C18H22N6O2. The first-order chi connectivity index (χ1) is 12.7. The lowest BCUT2D eigenvalue weighted by Gasteiger charge is -2.31. The number of rotatable bonds is 5. The number of nitrogens with zero attached hydrogens (tertiary/aromatic N) is 6. The van der Waals surface area contributed by atoms with Crippen LogP contribution < -0.4 is 5.56 Å². The van der Waals surface area contributed by atoms with Crippen LogP contribution in [-0.2, 0) is 13.1 Å². The maximum absolute atomic E-state index is 12.2. The molecule has 0 aliphatic carbocycles. The molecule has 0 radical (unpaired) electrons. The van der Waals surface area contributed by atoms with Gasteiger partial charge >= 0.3 is 0 Å². The summed E-state index contributed by atoms with van der Waals surface area (Å²) in [7, 11) is 0. The average molecular weight is 354 g/mol. The highest BCUT2D eigenvalue weighted by Crippen LogP contribution is 2.21. The zero-order valence-corrected chi connectivity index (χ0v) is 14.8. The van der Waals surface area contributed by atoms with E-state index >= 15 is 0 Å². The van der Waals surface area contributed by atoms with Gasteiger partial charge in [-0.2, -0.15) is 5.10 Å². The first-order valence-corrected chi connectivity index (χ1v) is 8.90. The van der Waals surface area contributed by atoms with E-state index in [1.165, 1.54) is 0 Å². The Hall–Kier alpha value is -2.74. The Kier molecular flexibility index (Phi) is 4.66. The highest BCUT2D eigenvalue weighted by molar-refractivity contribution is 5.17. The fourth-order valence-electron chi connectivity index (χ4n) is 3.38. The number of hydrogen-bond donors (Lipinski definition) is 0. The second-order valence-electron chi connectivity index (χ2n) is 6.79. The van der Waals surface area contributed by atoms with Gasteiger partial charge in [-0.25, -0.2) is 9.36 Å². The molecule has 8 nitrogen and oxygen atoms in total. The molecule has 1 saturated heterocycles. The summed E-state index contributed by atoms with van der Waals surface area (Å²) in [6.07, 6.45) is 7.41. The number of likely N-dealkylation sites (tertiary alicyclic amines) is 1. The minimum atomic E-state index is -0.0663. The van der Waals surface area contributed by atoms with Crippen LogP contribution in [0.2, 0.25) is 0 Å². The van der Waals surface area contributed by atoms with Crippen LogP contribution in [0, 0.1) is 12.8 Å². The lowest BCUT2D eigenvalue weighted by Crippen LogP contribution is -2.36. The van der Waals surface area contributed by atoms with Crippen LogP contribution in [-0.4, -0.2) is 42.7 Å². The third-order valence-corrected chi connectivity index (χ3v) is 4.97. The van der Waals surface area contributed by atoms with Gasteiger partial charge in [-0.05, 0) is 50.9 Å². The summed E-state index contributed by atoms with van der Waals surface area (Å²) in [5.41, 5.74) is 1.08. The average Bonchev–Trinajstić information content (AvgIpc) is 3.31. The van der Waals surface area contributed by atoms with Crippen molar-refractivity contribution >= 4 is 0 Å². The standard InChI is InChI=1S/C18H22N6O2/c1-14-16(11-20-26-14)13-22-9-5-15(6-10-22)12-24-18(25)4-3-17(21-24)23-8-2-7-19-23/h2-4,7-8,11,15H,5-6,9-10,12-13H2,1H3. The van der Waals surface area contributed by atoms with Gasteiger partial charge in [0.1, 0.15) is 5.76 Å². The van der Waals surface area contributed by atoms with Crippen LogP contribution in [0.25, 0.3) is 5.82 Å². The van der Waals surface area contributed by atoms with Crippen molar-refractivity contribution in [2.24, 2.45) is 5.92 Å². The van der Waals surface area contributed by atoms with E-state index in [-0.39, 0.29) is 5.56 Å². The summed E-state index contributed by atoms with van der Waals surface area (Å²) in [5.74, 6) is 2.00. The van der Waals surface area contributed by atoms with Crippen molar-refractivity contribution < 1.29 is 4.52 Å². The molecule has 0 atom stereocenters. The largest absolute Gasteiger partial charge is 0.361 e. The summed E-state index contributed by atoms with van der Waals surface area (Å²) in [6, 6.07) is 5.10. The molecule has 0 N–H and O–H groups in total. The molecule has 0 bridgehead atoms. The smallest absolute Gasteiger partial charge is 0.266 e. The van der Waals surface area contributed by atoms with Gasteiger partial charge in [-0.15, -0.1) is 5.10 Å². The molecule has 0 saturated carbocycles. The van der Waals surface area contributed by atoms with Crippen LogP contribution in [0.3, 0.4) is 0 Å². The highest BCUT2D eigenvalue weighted by atomic mass is 16.5. The van der Waals surface area contributed by atoms with Gasteiger partial charge in [0, 0.05) is 37.1 Å². The predicted octanol–water partition coefficient (Wildman–Crippen LogP) is 1.64. The minimum Gasteiger partial charge on any atom is -0.361 e. The molecule has 0 aromatic carbocycles. The normalized spacial score (nSPS) is 16.2. The van der Waals surface area contributed by atoms with E-state index in [1.807, 2.05) is 19.2 Å². The summed E-state index contributed by atoms with van der Waals surface area (Å²) < 4.78 is 8.37. The van der Waals surface area contributed by atoms with E-state index in [9.17, 15) is 4.79 Å². The molecule has 0 unspecified atom stereocenters. The van der Waals surface area contributed by atoms with Gasteiger partial charge in [0.05, 0.1) is 6.20 Å². The van der Waals surface area contributed by atoms with Crippen LogP contribution in [0.5, 0.6) is 0 Å². The van der Waals surface area contributed by atoms with Crippen molar-refractivity contribution in [1.29, 1.82) is 0 Å². The van der Waals surface area contributed by atoms with Crippen LogP contribution in [0.15, 0.2) is 46.1 Å². The molecule has 4 heterocycles. The van der Waals surface area contributed by atoms with Crippen molar-refractivity contribution in [2.45, 2.75) is 32.9 Å². The van der Waals surface area contributed by atoms with Crippen molar-refractivity contribution in [3.05, 3.63) is 58.5 Å². The quantitative estimate of drug-likeness (QED) is 0.693. The summed E-state index contributed by atoms with van der Waals surface area (Å²) in [5, 5.41) is 12.5. The lowest BCUT2D eigenvalue weighted by molar-refractivity contribution is 0.163. The number of hydrogen-bond acceptors (Lipinski definition) is 6. The molecule has 0 spiro atoms. The van der Waals surface area contributed by atoms with Gasteiger partial charge in [-0.3, -0.25) is 9.69 Å². The van der Waals surface area contributed by atoms with Crippen molar-refractivity contribution in [2.75, 3.05) is 13.1 Å². The van der Waals surface area contributed by atoms with Gasteiger partial charge in [0.2, 0.25) is 0 Å². The van der Waals surface area contributed by atoms with Gasteiger partial charge < -0.3 is 4.52 Å². The molecule has 4 rings (SSSR count). The molecule has 3 aromatic rings. The SMILES string of the molecule is Cc1oncc1CN1CCC(Cn2nc(-n3cccn3)ccc2=O)CC1. The minimum absolute atomic E-state index is 0.0663. The Balaban J connectivity index is 1.38. The molecule has 1 aliphatic heterocycles. The zero-order chi connectivity index (χ0) is 17.9. The molecule has 1 aliphatic rings. The fourth-order valence-corrected chi connectivity index (χ4v) is 3.38. The monoisotopic (exact) mass is 354 g/mol. The van der Waals surface area contributed by atoms with E-state index in [2.05, 4.69) is 20.3 Å². The Morgan fingerprint density at radius 1 is 1.27 bits per heavy atom. The van der Waals surface area contributed by atoms with Crippen LogP contribution >= 0.6 is 0 Å². The highest BCUT2D eigenvalue weighted by Gasteiger charge is 2.21. The molecular weight excluding hydrogens is 332 g/mol. The lowest BCUT2D eigenvalue weighted by atomic mass is 9.96. The third-order valence-electron chi connectivity index (χ3n) is 4.97. The van der Waals surface area contributed by atoms with E-state index in [0.29, 0.717) is 18.3 Å². The first kappa shape index (κ1) is 16.7. The van der Waals surface area contributed by atoms with E-state index in [4.69, 9.17) is 4.52 Å². The first-order valence-electron chi connectivity index (χ1n) is 8.90. The number of aromatic nitrogens is 5. The summed E-state index contributed by atoms with van der Waals surface area (Å²) in [6.45, 7) is 5.47. The van der Waals surface area contributed by atoms with Crippen molar-refractivity contribution in [3.63, 3.8) is 0 Å². The second kappa shape index (κ2) is 7.25. The van der Waals surface area contributed by atoms with E-state index in [1.54, 1.807) is 33.9 Å². The van der Waals surface area contributed by atoms with Gasteiger partial charge in [0.15, 0.2) is 5.82 Å². The van der Waals surface area contributed by atoms with Crippen molar-refractivity contribution in [1.82, 2.24) is 29.6 Å². The Morgan fingerprint density at radius 3 is 2.81 bits per heavy atom.